The molecule has 0 saturated heterocycles. The minimum absolute atomic E-state index is 0.117. The lowest BCUT2D eigenvalue weighted by Gasteiger charge is -2.36. The molecule has 4 rings (SSSR count). The van der Waals surface area contributed by atoms with Crippen LogP contribution >= 0.6 is 11.8 Å². The van der Waals surface area contributed by atoms with Crippen molar-refractivity contribution in [2.45, 2.75) is 23.3 Å². The number of hydrogen-bond donors (Lipinski definition) is 1. The number of aliphatic carboxylic acids is 1. The SMILES string of the molecule is O=C(O)COc1cccc2c1OCC2CCSC(c1ccccc1)(c1ccccc1)C(F)(F)F. The highest BCUT2D eigenvalue weighted by atomic mass is 32.2. The van der Waals surface area contributed by atoms with Crippen molar-refractivity contribution in [2.75, 3.05) is 19.0 Å². The lowest BCUT2D eigenvalue weighted by molar-refractivity contribution is -0.151. The van der Waals surface area contributed by atoms with E-state index in [1.165, 1.54) is 24.3 Å². The number of fused-ring (bicyclic) bond motifs is 1. The molecule has 34 heavy (non-hydrogen) atoms. The van der Waals surface area contributed by atoms with Crippen molar-refractivity contribution in [3.63, 3.8) is 0 Å². The second kappa shape index (κ2) is 10.0. The van der Waals surface area contributed by atoms with Gasteiger partial charge in [0, 0.05) is 11.5 Å². The van der Waals surface area contributed by atoms with Gasteiger partial charge >= 0.3 is 12.1 Å². The Morgan fingerprint density at radius 1 is 0.971 bits per heavy atom. The normalized spacial score (nSPS) is 15.4. The summed E-state index contributed by atoms with van der Waals surface area (Å²) in [6, 6.07) is 21.2. The highest BCUT2D eigenvalue weighted by Crippen LogP contribution is 2.55. The molecular weight excluding hydrogens is 465 g/mol. The van der Waals surface area contributed by atoms with Crippen LogP contribution in [0.3, 0.4) is 0 Å². The summed E-state index contributed by atoms with van der Waals surface area (Å²) in [5.74, 6) is -0.195. The van der Waals surface area contributed by atoms with Crippen LogP contribution in [0.15, 0.2) is 78.9 Å². The van der Waals surface area contributed by atoms with Gasteiger partial charge in [-0.15, -0.1) is 11.8 Å². The molecule has 0 aromatic heterocycles. The molecule has 8 heteroatoms. The zero-order valence-corrected chi connectivity index (χ0v) is 18.9. The molecule has 0 amide bonds. The average Bonchev–Trinajstić information content (AvgIpc) is 3.24. The summed E-state index contributed by atoms with van der Waals surface area (Å²) < 4.78 is 53.2. The highest BCUT2D eigenvalue weighted by Gasteiger charge is 2.57. The quantitative estimate of drug-likeness (QED) is 0.386. The first-order chi connectivity index (χ1) is 16.3. The van der Waals surface area contributed by atoms with Crippen LogP contribution < -0.4 is 9.47 Å². The van der Waals surface area contributed by atoms with Crippen molar-refractivity contribution in [3.8, 4) is 11.5 Å². The molecule has 0 saturated carbocycles. The summed E-state index contributed by atoms with van der Waals surface area (Å²) in [6.45, 7) is -0.193. The summed E-state index contributed by atoms with van der Waals surface area (Å²) in [5.41, 5.74) is 1.19. The number of alkyl halides is 3. The first-order valence-electron chi connectivity index (χ1n) is 10.7. The molecule has 1 aliphatic heterocycles. The van der Waals surface area contributed by atoms with E-state index in [2.05, 4.69) is 0 Å². The molecule has 1 N–H and O–H groups in total. The Morgan fingerprint density at radius 2 is 1.59 bits per heavy atom. The predicted molar refractivity (Wildman–Crippen MR) is 125 cm³/mol. The minimum atomic E-state index is -4.53. The third-order valence-electron chi connectivity index (χ3n) is 5.77. The fourth-order valence-corrected chi connectivity index (χ4v) is 5.69. The van der Waals surface area contributed by atoms with Crippen molar-refractivity contribution in [3.05, 3.63) is 95.6 Å². The van der Waals surface area contributed by atoms with E-state index in [0.29, 0.717) is 24.5 Å². The summed E-state index contributed by atoms with van der Waals surface area (Å²) in [4.78, 5) is 10.8. The van der Waals surface area contributed by atoms with Gasteiger partial charge in [0.1, 0.15) is 0 Å². The maximum absolute atomic E-state index is 14.8. The Morgan fingerprint density at radius 3 is 2.15 bits per heavy atom. The number of benzene rings is 3. The van der Waals surface area contributed by atoms with Crippen LogP contribution in [0.5, 0.6) is 11.5 Å². The number of hydrogen-bond acceptors (Lipinski definition) is 4. The lowest BCUT2D eigenvalue weighted by Crippen LogP contribution is -2.41. The van der Waals surface area contributed by atoms with E-state index in [1.54, 1.807) is 48.5 Å². The third kappa shape index (κ3) is 4.73. The Balaban J connectivity index is 1.58. The van der Waals surface area contributed by atoms with Crippen molar-refractivity contribution in [1.29, 1.82) is 0 Å². The Hall–Kier alpha value is -3.13. The highest BCUT2D eigenvalue weighted by molar-refractivity contribution is 8.00. The van der Waals surface area contributed by atoms with Crippen molar-refractivity contribution >= 4 is 17.7 Å². The van der Waals surface area contributed by atoms with Gasteiger partial charge < -0.3 is 14.6 Å². The van der Waals surface area contributed by atoms with Gasteiger partial charge in [-0.3, -0.25) is 0 Å². The molecule has 3 aromatic carbocycles. The van der Waals surface area contributed by atoms with Gasteiger partial charge in [-0.1, -0.05) is 72.8 Å². The molecule has 3 aromatic rings. The third-order valence-corrected chi connectivity index (χ3v) is 7.35. The first kappa shape index (κ1) is 24.0. The van der Waals surface area contributed by atoms with Crippen molar-refractivity contribution < 1.29 is 32.5 Å². The van der Waals surface area contributed by atoms with Crippen LogP contribution in [-0.2, 0) is 9.54 Å². The number of thioether (sulfide) groups is 1. The largest absolute Gasteiger partial charge is 0.489 e. The molecule has 0 bridgehead atoms. The van der Waals surface area contributed by atoms with Crippen LogP contribution in [0.25, 0.3) is 0 Å². The number of carboxylic acid groups (broad SMARTS) is 1. The van der Waals surface area contributed by atoms with E-state index < -0.39 is 23.5 Å². The first-order valence-corrected chi connectivity index (χ1v) is 11.7. The smallest absolute Gasteiger partial charge is 0.411 e. The van der Waals surface area contributed by atoms with Crippen molar-refractivity contribution in [2.24, 2.45) is 0 Å². The van der Waals surface area contributed by atoms with Crippen LogP contribution in [0.2, 0.25) is 0 Å². The number of halogens is 3. The van der Waals surface area contributed by atoms with Crippen LogP contribution in [0.4, 0.5) is 13.2 Å². The molecule has 178 valence electrons. The van der Waals surface area contributed by atoms with Crippen LogP contribution in [0.1, 0.15) is 29.0 Å². The van der Waals surface area contributed by atoms with E-state index in [0.717, 1.165) is 17.3 Å². The van der Waals surface area contributed by atoms with Gasteiger partial charge in [0.05, 0.1) is 6.61 Å². The lowest BCUT2D eigenvalue weighted by atomic mass is 9.89. The standard InChI is InChI=1S/C26H23F3O4S/c27-26(28,29)25(19-8-3-1-4-9-19,20-10-5-2-6-11-20)34-15-14-18-16-33-24-21(18)12-7-13-22(24)32-17-23(30)31/h1-13,18H,14-17H2,(H,30,31). The number of para-hydroxylation sites is 1. The Kier molecular flexibility index (Phi) is 7.07. The topological polar surface area (TPSA) is 55.8 Å². The number of carbonyl (C=O) groups is 1. The summed E-state index contributed by atoms with van der Waals surface area (Å²) in [6.07, 6.45) is -4.07. The summed E-state index contributed by atoms with van der Waals surface area (Å²) in [5, 5.41) is 8.86. The van der Waals surface area contributed by atoms with Gasteiger partial charge in [-0.25, -0.2) is 4.79 Å². The Labute approximate surface area is 199 Å². The van der Waals surface area contributed by atoms with Gasteiger partial charge in [0.2, 0.25) is 0 Å². The maximum atomic E-state index is 14.8. The molecular formula is C26H23F3O4S. The van der Waals surface area contributed by atoms with Crippen molar-refractivity contribution in [1.82, 2.24) is 0 Å². The van der Waals surface area contributed by atoms with Gasteiger partial charge in [-0.05, 0) is 29.4 Å². The molecule has 1 atom stereocenters. The molecule has 0 fully saturated rings. The van der Waals surface area contributed by atoms with Gasteiger partial charge in [-0.2, -0.15) is 13.2 Å². The second-order valence-electron chi connectivity index (χ2n) is 7.91. The summed E-state index contributed by atoms with van der Waals surface area (Å²) >= 11 is 0.873. The van der Waals surface area contributed by atoms with E-state index in [4.69, 9.17) is 14.6 Å². The van der Waals surface area contributed by atoms with Gasteiger partial charge in [0.25, 0.3) is 0 Å². The molecule has 1 heterocycles. The molecule has 4 nitrogen and oxygen atoms in total. The van der Waals surface area contributed by atoms with Crippen LogP contribution in [0, 0.1) is 0 Å². The molecule has 1 unspecified atom stereocenters. The fraction of sp³-hybridized carbons (Fsp3) is 0.269. The molecule has 0 radical (unpaired) electrons. The predicted octanol–water partition coefficient (Wildman–Crippen LogP) is 6.26. The van der Waals surface area contributed by atoms with Crippen LogP contribution in [-0.4, -0.2) is 36.2 Å². The van der Waals surface area contributed by atoms with E-state index in [1.807, 2.05) is 6.07 Å². The zero-order chi connectivity index (χ0) is 24.2. The number of ether oxygens (including phenoxy) is 2. The Bertz CT molecular complexity index is 1080. The molecule has 0 spiro atoms. The monoisotopic (exact) mass is 488 g/mol. The maximum Gasteiger partial charge on any atom is 0.411 e. The minimum Gasteiger partial charge on any atom is -0.489 e. The second-order valence-corrected chi connectivity index (χ2v) is 9.22. The molecule has 0 aliphatic carbocycles. The zero-order valence-electron chi connectivity index (χ0n) is 18.1. The fourth-order valence-electron chi connectivity index (χ4n) is 4.22. The van der Waals surface area contributed by atoms with E-state index in [9.17, 15) is 18.0 Å². The van der Waals surface area contributed by atoms with E-state index >= 15 is 0 Å². The number of carboxylic acids is 1. The molecule has 1 aliphatic rings. The van der Waals surface area contributed by atoms with Gasteiger partial charge in [0.15, 0.2) is 22.9 Å². The van der Waals surface area contributed by atoms with E-state index in [-0.39, 0.29) is 22.8 Å². The number of rotatable bonds is 9. The average molecular weight is 489 g/mol. The summed E-state index contributed by atoms with van der Waals surface area (Å²) in [7, 11) is 0.